The van der Waals surface area contributed by atoms with Gasteiger partial charge in [0.05, 0.1) is 16.3 Å². The van der Waals surface area contributed by atoms with E-state index in [4.69, 9.17) is 4.74 Å². The molecule has 0 atom stereocenters. The molecule has 0 aliphatic carbocycles. The summed E-state index contributed by atoms with van der Waals surface area (Å²) in [5.74, 6) is -0.0197. The van der Waals surface area contributed by atoms with Gasteiger partial charge in [0.25, 0.3) is 0 Å². The van der Waals surface area contributed by atoms with Gasteiger partial charge in [-0.2, -0.15) is 0 Å². The van der Waals surface area contributed by atoms with E-state index in [2.05, 4.69) is 29.2 Å². The number of aryl methyl sites for hydroxylation is 1. The highest BCUT2D eigenvalue weighted by Gasteiger charge is 2.21. The Balaban J connectivity index is 1.44. The van der Waals surface area contributed by atoms with Gasteiger partial charge >= 0.3 is 0 Å². The van der Waals surface area contributed by atoms with Crippen LogP contribution in [-0.4, -0.2) is 26.6 Å². The molecule has 34 heavy (non-hydrogen) atoms. The third-order valence-corrected chi connectivity index (χ3v) is 7.96. The molecule has 1 aliphatic rings. The van der Waals surface area contributed by atoms with Gasteiger partial charge < -0.3 is 9.64 Å². The highest BCUT2D eigenvalue weighted by molar-refractivity contribution is 7.90. The number of nitrogens with zero attached hydrogens (tertiary/aromatic N) is 1. The molecule has 0 aromatic heterocycles. The first-order valence-corrected chi connectivity index (χ1v) is 13.1. The first kappa shape index (κ1) is 22.2. The van der Waals surface area contributed by atoms with Gasteiger partial charge in [-0.1, -0.05) is 78.4 Å². The van der Waals surface area contributed by atoms with Crippen molar-refractivity contribution in [2.45, 2.75) is 24.0 Å². The van der Waals surface area contributed by atoms with Crippen molar-refractivity contribution in [2.75, 3.05) is 13.3 Å². The lowest BCUT2D eigenvalue weighted by atomic mass is 9.99. The van der Waals surface area contributed by atoms with E-state index in [1.807, 2.05) is 61.5 Å². The summed E-state index contributed by atoms with van der Waals surface area (Å²) in [4.78, 5) is 2.56. The second-order valence-corrected chi connectivity index (χ2v) is 10.7. The summed E-state index contributed by atoms with van der Waals surface area (Å²) in [5, 5.41) is 2.17. The van der Waals surface area contributed by atoms with Crippen molar-refractivity contribution < 1.29 is 13.2 Å². The number of hydrogen-bond donors (Lipinski definition) is 0. The van der Waals surface area contributed by atoms with E-state index < -0.39 is 9.84 Å². The maximum atomic E-state index is 13.3. The molecule has 0 saturated heterocycles. The van der Waals surface area contributed by atoms with Gasteiger partial charge in [-0.25, -0.2) is 8.42 Å². The smallest absolute Gasteiger partial charge is 0.182 e. The minimum absolute atomic E-state index is 0.0197. The second-order valence-electron chi connectivity index (χ2n) is 8.72. The summed E-state index contributed by atoms with van der Waals surface area (Å²) in [5.41, 5.74) is 5.11. The van der Waals surface area contributed by atoms with Gasteiger partial charge in [-0.3, -0.25) is 0 Å². The fraction of sp³-hybridized carbons (Fsp3) is 0.172. The van der Waals surface area contributed by atoms with Crippen molar-refractivity contribution in [1.29, 1.82) is 0 Å². The van der Waals surface area contributed by atoms with Crippen molar-refractivity contribution in [1.82, 2.24) is 4.90 Å². The Labute approximate surface area is 201 Å². The third-order valence-electron chi connectivity index (χ3n) is 6.28. The van der Waals surface area contributed by atoms with Crippen LogP contribution >= 0.6 is 0 Å². The molecule has 1 aliphatic heterocycles. The van der Waals surface area contributed by atoms with E-state index >= 15 is 0 Å². The van der Waals surface area contributed by atoms with Gasteiger partial charge in [0.15, 0.2) is 16.6 Å². The standard InChI is InChI=1S/C29H27NO3S/c1-22-11-13-28(14-12-22)34(31,32)20-27-18-25-10-6-5-9-24(25)17-26(27)15-16-30-21-33-19-29(30)23-7-3-2-4-8-23/h2-14,17-19H,15-16,20-21H2,1H3. The monoisotopic (exact) mass is 469 g/mol. The lowest BCUT2D eigenvalue weighted by Crippen LogP contribution is -2.23. The molecule has 0 amide bonds. The van der Waals surface area contributed by atoms with Crippen LogP contribution in [0.5, 0.6) is 0 Å². The molecule has 0 unspecified atom stereocenters. The lowest BCUT2D eigenvalue weighted by Gasteiger charge is -2.21. The molecular formula is C29H27NO3S. The van der Waals surface area contributed by atoms with Crippen LogP contribution in [0.15, 0.2) is 102 Å². The lowest BCUT2D eigenvalue weighted by molar-refractivity contribution is 0.176. The minimum Gasteiger partial charge on any atom is -0.479 e. The van der Waals surface area contributed by atoms with Gasteiger partial charge in [0, 0.05) is 12.1 Å². The average Bonchev–Trinajstić information content (AvgIpc) is 3.32. The van der Waals surface area contributed by atoms with Crippen molar-refractivity contribution in [3.8, 4) is 0 Å². The number of benzene rings is 4. The SMILES string of the molecule is Cc1ccc(S(=O)(=O)Cc2cc3ccccc3cc2CCN2COC=C2c2ccccc2)cc1. The van der Waals surface area contributed by atoms with E-state index in [9.17, 15) is 8.42 Å². The number of ether oxygens (including phenoxy) is 1. The second kappa shape index (κ2) is 9.35. The zero-order chi connectivity index (χ0) is 23.5. The van der Waals surface area contributed by atoms with Crippen LogP contribution in [0.25, 0.3) is 16.5 Å². The minimum atomic E-state index is -3.46. The molecule has 4 nitrogen and oxygen atoms in total. The number of rotatable bonds is 7. The molecule has 5 rings (SSSR count). The van der Waals surface area contributed by atoms with E-state index in [1.165, 1.54) is 0 Å². The van der Waals surface area contributed by atoms with Crippen molar-refractivity contribution in [3.63, 3.8) is 0 Å². The zero-order valence-corrected chi connectivity index (χ0v) is 20.0. The molecule has 0 fully saturated rings. The van der Waals surface area contributed by atoms with Crippen LogP contribution in [0.3, 0.4) is 0 Å². The molecule has 4 aromatic rings. The molecule has 0 bridgehead atoms. The predicted molar refractivity (Wildman–Crippen MR) is 137 cm³/mol. The number of fused-ring (bicyclic) bond motifs is 1. The maximum absolute atomic E-state index is 13.3. The highest BCUT2D eigenvalue weighted by atomic mass is 32.2. The van der Waals surface area contributed by atoms with Crippen molar-refractivity contribution in [3.05, 3.63) is 120 Å². The third kappa shape index (κ3) is 4.70. The zero-order valence-electron chi connectivity index (χ0n) is 19.1. The first-order valence-electron chi connectivity index (χ1n) is 11.4. The first-order chi connectivity index (χ1) is 16.5. The number of sulfone groups is 1. The molecule has 4 aromatic carbocycles. The number of hydrogen-bond acceptors (Lipinski definition) is 4. The molecule has 1 heterocycles. The van der Waals surface area contributed by atoms with Gasteiger partial charge in [-0.05, 0) is 53.4 Å². The summed E-state index contributed by atoms with van der Waals surface area (Å²) in [6.45, 7) is 3.18. The quantitative estimate of drug-likeness (QED) is 0.335. The molecule has 0 spiro atoms. The molecule has 0 N–H and O–H groups in total. The van der Waals surface area contributed by atoms with Crippen LogP contribution in [0.2, 0.25) is 0 Å². The fourth-order valence-corrected chi connectivity index (χ4v) is 5.78. The Kier molecular flexibility index (Phi) is 6.12. The van der Waals surface area contributed by atoms with E-state index in [-0.39, 0.29) is 5.75 Å². The van der Waals surface area contributed by atoms with Crippen LogP contribution in [0, 0.1) is 6.92 Å². The van der Waals surface area contributed by atoms with Gasteiger partial charge in [0.1, 0.15) is 6.26 Å². The van der Waals surface area contributed by atoms with Gasteiger partial charge in [0.2, 0.25) is 0 Å². The Morgan fingerprint density at radius 1 is 0.824 bits per heavy atom. The van der Waals surface area contributed by atoms with E-state index in [0.717, 1.165) is 51.7 Å². The molecular weight excluding hydrogens is 442 g/mol. The van der Waals surface area contributed by atoms with Crippen LogP contribution in [0.1, 0.15) is 22.3 Å². The van der Waals surface area contributed by atoms with E-state index in [1.54, 1.807) is 18.4 Å². The van der Waals surface area contributed by atoms with Crippen LogP contribution in [-0.2, 0) is 26.7 Å². The molecule has 0 radical (unpaired) electrons. The highest BCUT2D eigenvalue weighted by Crippen LogP contribution is 2.28. The summed E-state index contributed by atoms with van der Waals surface area (Å²) >= 11 is 0. The van der Waals surface area contributed by atoms with Crippen molar-refractivity contribution >= 4 is 26.3 Å². The topological polar surface area (TPSA) is 46.6 Å². The Morgan fingerprint density at radius 2 is 1.47 bits per heavy atom. The Morgan fingerprint density at radius 3 is 2.18 bits per heavy atom. The Bertz CT molecular complexity index is 1440. The fourth-order valence-electron chi connectivity index (χ4n) is 4.39. The summed E-state index contributed by atoms with van der Waals surface area (Å²) in [6, 6.07) is 29.5. The van der Waals surface area contributed by atoms with Crippen LogP contribution < -0.4 is 0 Å². The van der Waals surface area contributed by atoms with E-state index in [0.29, 0.717) is 11.6 Å². The Hall–Kier alpha value is -3.57. The molecule has 172 valence electrons. The van der Waals surface area contributed by atoms with Crippen molar-refractivity contribution in [2.24, 2.45) is 0 Å². The van der Waals surface area contributed by atoms with Gasteiger partial charge in [-0.15, -0.1) is 0 Å². The molecule has 0 saturated carbocycles. The predicted octanol–water partition coefficient (Wildman–Crippen LogP) is 5.95. The molecule has 5 heteroatoms. The largest absolute Gasteiger partial charge is 0.479 e. The summed E-state index contributed by atoms with van der Waals surface area (Å²) < 4.78 is 32.1. The maximum Gasteiger partial charge on any atom is 0.182 e. The normalized spacial score (nSPS) is 13.7. The summed E-state index contributed by atoms with van der Waals surface area (Å²) in [6.07, 6.45) is 2.52. The average molecular weight is 470 g/mol. The van der Waals surface area contributed by atoms with Crippen LogP contribution in [0.4, 0.5) is 0 Å². The summed E-state index contributed by atoms with van der Waals surface area (Å²) in [7, 11) is -3.46.